The van der Waals surface area contributed by atoms with Crippen molar-refractivity contribution in [3.05, 3.63) is 89.7 Å². The Kier molecular flexibility index (Phi) is 7.22. The molecular formula is C24H23FN2O4. The minimum Gasteiger partial charge on any atom is -0.497 e. The van der Waals surface area contributed by atoms with Crippen molar-refractivity contribution >= 4 is 17.5 Å². The maximum absolute atomic E-state index is 13.1. The van der Waals surface area contributed by atoms with Gasteiger partial charge in [-0.2, -0.15) is 0 Å². The number of ether oxygens (including phenoxy) is 2. The highest BCUT2D eigenvalue weighted by Crippen LogP contribution is 2.21. The highest BCUT2D eigenvalue weighted by atomic mass is 19.1. The summed E-state index contributed by atoms with van der Waals surface area (Å²) in [5.74, 6) is -0.0103. The van der Waals surface area contributed by atoms with E-state index in [0.29, 0.717) is 22.7 Å². The fourth-order valence-corrected chi connectivity index (χ4v) is 2.91. The van der Waals surface area contributed by atoms with Crippen LogP contribution < -0.4 is 14.8 Å². The zero-order chi connectivity index (χ0) is 22.2. The maximum Gasteiger partial charge on any atom is 0.257 e. The standard InChI is InChI=1S/C24H23FN2O4/c1-27(15-23(28)26-19-6-5-7-20(14-19)30-2)24(29)21-8-3-4-9-22(21)31-16-17-10-12-18(25)13-11-17/h3-14H,15-16H2,1-2H3,(H,26,28). The molecule has 0 aromatic heterocycles. The Hall–Kier alpha value is -3.87. The van der Waals surface area contributed by atoms with E-state index in [1.165, 1.54) is 17.0 Å². The van der Waals surface area contributed by atoms with Crippen molar-refractivity contribution in [3.63, 3.8) is 0 Å². The minimum absolute atomic E-state index is 0.137. The number of rotatable bonds is 8. The zero-order valence-corrected chi connectivity index (χ0v) is 17.3. The highest BCUT2D eigenvalue weighted by Gasteiger charge is 2.19. The number of hydrogen-bond acceptors (Lipinski definition) is 4. The monoisotopic (exact) mass is 422 g/mol. The number of nitrogens with one attached hydrogen (secondary N) is 1. The first kappa shape index (κ1) is 21.8. The fourth-order valence-electron chi connectivity index (χ4n) is 2.91. The van der Waals surface area contributed by atoms with Gasteiger partial charge in [0.05, 0.1) is 19.2 Å². The Morgan fingerprint density at radius 2 is 1.74 bits per heavy atom. The number of amides is 2. The molecule has 0 radical (unpaired) electrons. The molecule has 3 aromatic carbocycles. The normalized spacial score (nSPS) is 10.3. The first-order chi connectivity index (χ1) is 15.0. The number of carbonyl (C=O) groups is 2. The third-order valence-corrected chi connectivity index (χ3v) is 4.51. The number of anilines is 1. The van der Waals surface area contributed by atoms with Gasteiger partial charge in [0.25, 0.3) is 5.91 Å². The van der Waals surface area contributed by atoms with Crippen LogP contribution >= 0.6 is 0 Å². The van der Waals surface area contributed by atoms with Crippen LogP contribution in [0.4, 0.5) is 10.1 Å². The van der Waals surface area contributed by atoms with Gasteiger partial charge in [-0.25, -0.2) is 4.39 Å². The van der Waals surface area contributed by atoms with Crippen molar-refractivity contribution in [2.75, 3.05) is 26.0 Å². The molecule has 0 aliphatic rings. The van der Waals surface area contributed by atoms with Crippen LogP contribution in [0, 0.1) is 5.82 Å². The van der Waals surface area contributed by atoms with Crippen molar-refractivity contribution in [2.24, 2.45) is 0 Å². The largest absolute Gasteiger partial charge is 0.497 e. The lowest BCUT2D eigenvalue weighted by atomic mass is 10.1. The topological polar surface area (TPSA) is 67.9 Å². The van der Waals surface area contributed by atoms with Crippen LogP contribution in [0.3, 0.4) is 0 Å². The van der Waals surface area contributed by atoms with Gasteiger partial charge in [-0.15, -0.1) is 0 Å². The van der Waals surface area contributed by atoms with Crippen LogP contribution in [0.25, 0.3) is 0 Å². The van der Waals surface area contributed by atoms with Gasteiger partial charge in [-0.1, -0.05) is 30.3 Å². The smallest absolute Gasteiger partial charge is 0.257 e. The molecule has 6 nitrogen and oxygen atoms in total. The average molecular weight is 422 g/mol. The second-order valence-electron chi connectivity index (χ2n) is 6.85. The number of carbonyl (C=O) groups excluding carboxylic acids is 2. The minimum atomic E-state index is -0.351. The van der Waals surface area contributed by atoms with Crippen molar-refractivity contribution in [1.82, 2.24) is 4.90 Å². The van der Waals surface area contributed by atoms with Gasteiger partial charge < -0.3 is 19.7 Å². The van der Waals surface area contributed by atoms with Gasteiger partial charge >= 0.3 is 0 Å². The van der Waals surface area contributed by atoms with E-state index >= 15 is 0 Å². The number of halogens is 1. The first-order valence-electron chi connectivity index (χ1n) is 9.62. The van der Waals surface area contributed by atoms with Gasteiger partial charge in [-0.05, 0) is 42.0 Å². The lowest BCUT2D eigenvalue weighted by molar-refractivity contribution is -0.116. The van der Waals surface area contributed by atoms with E-state index in [-0.39, 0.29) is 30.8 Å². The summed E-state index contributed by atoms with van der Waals surface area (Å²) >= 11 is 0. The van der Waals surface area contributed by atoms with Crippen LogP contribution in [0.2, 0.25) is 0 Å². The van der Waals surface area contributed by atoms with E-state index in [4.69, 9.17) is 9.47 Å². The SMILES string of the molecule is COc1cccc(NC(=O)CN(C)C(=O)c2ccccc2OCc2ccc(F)cc2)c1. The van der Waals surface area contributed by atoms with Gasteiger partial charge in [0, 0.05) is 18.8 Å². The quantitative estimate of drug-likeness (QED) is 0.593. The number of likely N-dealkylation sites (N-methyl/N-ethyl adjacent to an activating group) is 1. The average Bonchev–Trinajstić information content (AvgIpc) is 2.78. The Morgan fingerprint density at radius 3 is 2.48 bits per heavy atom. The molecule has 0 saturated carbocycles. The molecule has 160 valence electrons. The molecule has 0 aliphatic heterocycles. The lowest BCUT2D eigenvalue weighted by Gasteiger charge is -2.19. The second-order valence-corrected chi connectivity index (χ2v) is 6.85. The summed E-state index contributed by atoms with van der Waals surface area (Å²) in [7, 11) is 3.09. The summed E-state index contributed by atoms with van der Waals surface area (Å²) in [5, 5.41) is 2.74. The molecule has 0 saturated heterocycles. The molecule has 3 aromatic rings. The summed E-state index contributed by atoms with van der Waals surface area (Å²) in [4.78, 5) is 26.6. The van der Waals surface area contributed by atoms with Gasteiger partial charge in [0.2, 0.25) is 5.91 Å². The van der Waals surface area contributed by atoms with Crippen molar-refractivity contribution in [2.45, 2.75) is 6.61 Å². The van der Waals surface area contributed by atoms with Crippen molar-refractivity contribution in [1.29, 1.82) is 0 Å². The predicted molar refractivity (Wildman–Crippen MR) is 116 cm³/mol. The zero-order valence-electron chi connectivity index (χ0n) is 17.3. The van der Waals surface area contributed by atoms with E-state index in [2.05, 4.69) is 5.32 Å². The van der Waals surface area contributed by atoms with E-state index in [9.17, 15) is 14.0 Å². The Bertz CT molecular complexity index is 1050. The van der Waals surface area contributed by atoms with Gasteiger partial charge in [0.15, 0.2) is 0 Å². The summed E-state index contributed by atoms with van der Waals surface area (Å²) in [6, 6.07) is 19.7. The van der Waals surface area contributed by atoms with Crippen LogP contribution in [-0.2, 0) is 11.4 Å². The van der Waals surface area contributed by atoms with E-state index in [0.717, 1.165) is 5.56 Å². The van der Waals surface area contributed by atoms with Crippen LogP contribution in [0.5, 0.6) is 11.5 Å². The molecule has 0 heterocycles. The van der Waals surface area contributed by atoms with Gasteiger partial charge in [-0.3, -0.25) is 9.59 Å². The van der Waals surface area contributed by atoms with Crippen LogP contribution in [0.1, 0.15) is 15.9 Å². The molecule has 2 amide bonds. The molecule has 0 fully saturated rings. The molecule has 0 aliphatic carbocycles. The summed E-state index contributed by atoms with van der Waals surface area (Å²) in [5.41, 5.74) is 1.68. The third-order valence-electron chi connectivity index (χ3n) is 4.51. The highest BCUT2D eigenvalue weighted by molar-refractivity contribution is 6.00. The Labute approximate surface area is 180 Å². The van der Waals surface area contributed by atoms with Crippen molar-refractivity contribution < 1.29 is 23.5 Å². The molecule has 0 spiro atoms. The number of methoxy groups -OCH3 is 1. The van der Waals surface area contributed by atoms with E-state index in [1.807, 2.05) is 0 Å². The molecular weight excluding hydrogens is 399 g/mol. The molecule has 0 unspecified atom stereocenters. The Balaban J connectivity index is 1.63. The molecule has 31 heavy (non-hydrogen) atoms. The molecule has 7 heteroatoms. The maximum atomic E-state index is 13.1. The molecule has 0 bridgehead atoms. The summed E-state index contributed by atoms with van der Waals surface area (Å²) in [6.07, 6.45) is 0. The van der Waals surface area contributed by atoms with E-state index in [1.54, 1.807) is 74.8 Å². The van der Waals surface area contributed by atoms with E-state index < -0.39 is 0 Å². The predicted octanol–water partition coefficient (Wildman–Crippen LogP) is 4.12. The third kappa shape index (κ3) is 6.05. The second kappa shape index (κ2) is 10.2. The fraction of sp³-hybridized carbons (Fsp3) is 0.167. The Morgan fingerprint density at radius 1 is 1.00 bits per heavy atom. The summed E-state index contributed by atoms with van der Waals surface area (Å²) < 4.78 is 24.0. The lowest BCUT2D eigenvalue weighted by Crippen LogP contribution is -2.35. The van der Waals surface area contributed by atoms with Crippen molar-refractivity contribution in [3.8, 4) is 11.5 Å². The van der Waals surface area contributed by atoms with Crippen LogP contribution in [0.15, 0.2) is 72.8 Å². The van der Waals surface area contributed by atoms with Gasteiger partial charge in [0.1, 0.15) is 23.9 Å². The molecule has 3 rings (SSSR count). The van der Waals surface area contributed by atoms with Crippen LogP contribution in [-0.4, -0.2) is 37.4 Å². The molecule has 1 N–H and O–H groups in total. The first-order valence-corrected chi connectivity index (χ1v) is 9.62. The number of para-hydroxylation sites is 1. The number of nitrogens with zero attached hydrogens (tertiary/aromatic N) is 1. The molecule has 0 atom stereocenters. The number of benzene rings is 3. The summed E-state index contributed by atoms with van der Waals surface area (Å²) in [6.45, 7) is 0.0486. The number of hydrogen-bond donors (Lipinski definition) is 1.